The molecule has 0 bridgehead atoms. The highest BCUT2D eigenvalue weighted by atomic mass is 79.9. The van der Waals surface area contributed by atoms with E-state index in [0.717, 1.165) is 46.7 Å². The second-order valence-electron chi connectivity index (χ2n) is 6.40. The van der Waals surface area contributed by atoms with Crippen molar-refractivity contribution in [1.29, 1.82) is 0 Å². The van der Waals surface area contributed by atoms with E-state index in [1.807, 2.05) is 41.3 Å². The third-order valence-electron chi connectivity index (χ3n) is 4.90. The summed E-state index contributed by atoms with van der Waals surface area (Å²) < 4.78 is 3.10. The molecule has 0 atom stereocenters. The van der Waals surface area contributed by atoms with Gasteiger partial charge in [0.05, 0.1) is 16.6 Å². The highest BCUT2D eigenvalue weighted by molar-refractivity contribution is 9.10. The zero-order valence-corrected chi connectivity index (χ0v) is 16.3. The van der Waals surface area contributed by atoms with E-state index >= 15 is 0 Å². The first-order chi connectivity index (χ1) is 12.7. The summed E-state index contributed by atoms with van der Waals surface area (Å²) in [5.41, 5.74) is 2.91. The Morgan fingerprint density at radius 1 is 1.04 bits per heavy atom. The van der Waals surface area contributed by atoms with E-state index in [0.29, 0.717) is 13.1 Å². The van der Waals surface area contributed by atoms with Crippen molar-refractivity contribution in [3.05, 3.63) is 58.6 Å². The standard InChI is InChI=1S/C20H21BrN4O/c1-2-25-18-10-6-5-9-17(18)22-20(25)24-13-11-23(12-14-24)19(26)15-7-3-4-8-16(15)21/h3-10H,2,11-14H2,1H3. The minimum atomic E-state index is 0.0844. The number of benzene rings is 2. The van der Waals surface area contributed by atoms with Gasteiger partial charge in [0.2, 0.25) is 5.95 Å². The van der Waals surface area contributed by atoms with E-state index in [1.165, 1.54) is 0 Å². The maximum Gasteiger partial charge on any atom is 0.255 e. The number of imidazole rings is 1. The number of rotatable bonds is 3. The Morgan fingerprint density at radius 3 is 2.46 bits per heavy atom. The molecule has 0 spiro atoms. The van der Waals surface area contributed by atoms with Crippen LogP contribution < -0.4 is 4.90 Å². The van der Waals surface area contributed by atoms with Crippen LogP contribution in [-0.2, 0) is 6.54 Å². The van der Waals surface area contributed by atoms with Gasteiger partial charge in [-0.05, 0) is 47.1 Å². The third kappa shape index (κ3) is 2.98. The summed E-state index contributed by atoms with van der Waals surface area (Å²) in [5, 5.41) is 0. The summed E-state index contributed by atoms with van der Waals surface area (Å²) >= 11 is 3.48. The van der Waals surface area contributed by atoms with Crippen LogP contribution in [0.5, 0.6) is 0 Å². The number of amides is 1. The van der Waals surface area contributed by atoms with Crippen LogP contribution in [0.1, 0.15) is 17.3 Å². The molecule has 0 N–H and O–H groups in total. The molecule has 1 aliphatic heterocycles. The number of aryl methyl sites for hydroxylation is 1. The zero-order chi connectivity index (χ0) is 18.1. The number of hydrogen-bond donors (Lipinski definition) is 0. The van der Waals surface area contributed by atoms with Crippen molar-refractivity contribution in [1.82, 2.24) is 14.5 Å². The summed E-state index contributed by atoms with van der Waals surface area (Å²) in [6, 6.07) is 15.8. The molecule has 0 unspecified atom stereocenters. The molecule has 1 saturated heterocycles. The molecule has 0 aliphatic carbocycles. The van der Waals surface area contributed by atoms with Gasteiger partial charge in [0, 0.05) is 37.2 Å². The van der Waals surface area contributed by atoms with Crippen LogP contribution in [0.15, 0.2) is 53.0 Å². The SMILES string of the molecule is CCn1c(N2CCN(C(=O)c3ccccc3Br)CC2)nc2ccccc21. The summed E-state index contributed by atoms with van der Waals surface area (Å²) in [6.45, 7) is 6.01. The number of piperazine rings is 1. The fraction of sp³-hybridized carbons (Fsp3) is 0.300. The van der Waals surface area contributed by atoms with E-state index in [4.69, 9.17) is 4.98 Å². The van der Waals surface area contributed by atoms with Crippen molar-refractivity contribution in [2.75, 3.05) is 31.1 Å². The minimum absolute atomic E-state index is 0.0844. The number of aromatic nitrogens is 2. The molecule has 0 radical (unpaired) electrons. The van der Waals surface area contributed by atoms with Gasteiger partial charge >= 0.3 is 0 Å². The Labute approximate surface area is 161 Å². The molecular weight excluding hydrogens is 392 g/mol. The van der Waals surface area contributed by atoms with Crippen molar-refractivity contribution in [3.63, 3.8) is 0 Å². The fourth-order valence-electron chi connectivity index (χ4n) is 3.53. The lowest BCUT2D eigenvalue weighted by molar-refractivity contribution is 0.0745. The Kier molecular flexibility index (Phi) is 4.68. The fourth-order valence-corrected chi connectivity index (χ4v) is 3.98. The van der Waals surface area contributed by atoms with Gasteiger partial charge in [-0.1, -0.05) is 24.3 Å². The van der Waals surface area contributed by atoms with Gasteiger partial charge in [-0.3, -0.25) is 4.79 Å². The molecule has 134 valence electrons. The molecule has 1 aliphatic rings. The van der Waals surface area contributed by atoms with E-state index in [-0.39, 0.29) is 5.91 Å². The van der Waals surface area contributed by atoms with Crippen molar-refractivity contribution in [3.8, 4) is 0 Å². The van der Waals surface area contributed by atoms with Crippen molar-refractivity contribution in [2.24, 2.45) is 0 Å². The number of carbonyl (C=O) groups is 1. The van der Waals surface area contributed by atoms with Gasteiger partial charge < -0.3 is 14.4 Å². The summed E-state index contributed by atoms with van der Waals surface area (Å²) in [6.07, 6.45) is 0. The number of halogens is 1. The Balaban J connectivity index is 1.52. The highest BCUT2D eigenvalue weighted by Gasteiger charge is 2.25. The van der Waals surface area contributed by atoms with Crippen LogP contribution in [0, 0.1) is 0 Å². The second kappa shape index (κ2) is 7.11. The Morgan fingerprint density at radius 2 is 1.73 bits per heavy atom. The van der Waals surface area contributed by atoms with Crippen molar-refractivity contribution in [2.45, 2.75) is 13.5 Å². The molecule has 1 amide bonds. The van der Waals surface area contributed by atoms with Crippen LogP contribution in [0.4, 0.5) is 5.95 Å². The van der Waals surface area contributed by atoms with Gasteiger partial charge in [0.1, 0.15) is 0 Å². The van der Waals surface area contributed by atoms with Crippen LogP contribution in [0.25, 0.3) is 11.0 Å². The largest absolute Gasteiger partial charge is 0.339 e. The zero-order valence-electron chi connectivity index (χ0n) is 14.7. The van der Waals surface area contributed by atoms with E-state index in [1.54, 1.807) is 0 Å². The molecular formula is C20H21BrN4O. The summed E-state index contributed by atoms with van der Waals surface area (Å²) in [5.74, 6) is 1.09. The molecule has 2 aromatic carbocycles. The lowest BCUT2D eigenvalue weighted by Gasteiger charge is -2.35. The normalized spacial score (nSPS) is 14.8. The first kappa shape index (κ1) is 17.1. The van der Waals surface area contributed by atoms with Crippen LogP contribution in [-0.4, -0.2) is 46.5 Å². The van der Waals surface area contributed by atoms with Crippen LogP contribution in [0.3, 0.4) is 0 Å². The predicted molar refractivity (Wildman–Crippen MR) is 108 cm³/mol. The molecule has 26 heavy (non-hydrogen) atoms. The van der Waals surface area contributed by atoms with Gasteiger partial charge in [0.15, 0.2) is 0 Å². The van der Waals surface area contributed by atoms with E-state index in [9.17, 15) is 4.79 Å². The lowest BCUT2D eigenvalue weighted by atomic mass is 10.2. The van der Waals surface area contributed by atoms with E-state index < -0.39 is 0 Å². The average molecular weight is 413 g/mol. The number of nitrogens with zero attached hydrogens (tertiary/aromatic N) is 4. The summed E-state index contributed by atoms with van der Waals surface area (Å²) in [7, 11) is 0. The third-order valence-corrected chi connectivity index (χ3v) is 5.60. The maximum absolute atomic E-state index is 12.8. The molecule has 4 rings (SSSR count). The Hall–Kier alpha value is -2.34. The van der Waals surface area contributed by atoms with Crippen molar-refractivity contribution < 1.29 is 4.79 Å². The smallest absolute Gasteiger partial charge is 0.255 e. The maximum atomic E-state index is 12.8. The number of hydrogen-bond acceptors (Lipinski definition) is 3. The van der Waals surface area contributed by atoms with E-state index in [2.05, 4.69) is 44.5 Å². The lowest BCUT2D eigenvalue weighted by Crippen LogP contribution is -2.49. The highest BCUT2D eigenvalue weighted by Crippen LogP contribution is 2.24. The molecule has 5 nitrogen and oxygen atoms in total. The average Bonchev–Trinajstić information content (AvgIpc) is 3.06. The molecule has 2 heterocycles. The van der Waals surface area contributed by atoms with Gasteiger partial charge in [-0.2, -0.15) is 0 Å². The number of fused-ring (bicyclic) bond motifs is 1. The van der Waals surface area contributed by atoms with Gasteiger partial charge in [0.25, 0.3) is 5.91 Å². The Bertz CT molecular complexity index is 944. The van der Waals surface area contributed by atoms with Gasteiger partial charge in [-0.25, -0.2) is 4.98 Å². The molecule has 3 aromatic rings. The van der Waals surface area contributed by atoms with Crippen molar-refractivity contribution >= 4 is 38.8 Å². The first-order valence-corrected chi connectivity index (χ1v) is 9.72. The second-order valence-corrected chi connectivity index (χ2v) is 7.26. The minimum Gasteiger partial charge on any atom is -0.339 e. The topological polar surface area (TPSA) is 41.4 Å². The van der Waals surface area contributed by atoms with Gasteiger partial charge in [-0.15, -0.1) is 0 Å². The molecule has 1 fully saturated rings. The molecule has 1 aromatic heterocycles. The predicted octanol–water partition coefficient (Wildman–Crippen LogP) is 3.78. The summed E-state index contributed by atoms with van der Waals surface area (Å²) in [4.78, 5) is 21.8. The molecule has 6 heteroatoms. The monoisotopic (exact) mass is 412 g/mol. The number of carbonyl (C=O) groups excluding carboxylic acids is 1. The molecule has 0 saturated carbocycles. The van der Waals surface area contributed by atoms with Crippen LogP contribution >= 0.6 is 15.9 Å². The number of para-hydroxylation sites is 2. The quantitative estimate of drug-likeness (QED) is 0.656. The number of anilines is 1. The van der Waals surface area contributed by atoms with Crippen LogP contribution in [0.2, 0.25) is 0 Å². The first-order valence-electron chi connectivity index (χ1n) is 8.93.